The summed E-state index contributed by atoms with van der Waals surface area (Å²) in [7, 11) is 0. The molecule has 0 saturated carbocycles. The highest BCUT2D eigenvalue weighted by atomic mass is 35.5. The molecule has 8 heteroatoms. The summed E-state index contributed by atoms with van der Waals surface area (Å²) in [5.74, 6) is 0.244. The van der Waals surface area contributed by atoms with Crippen molar-refractivity contribution in [1.82, 2.24) is 15.5 Å². The quantitative estimate of drug-likeness (QED) is 0.761. The van der Waals surface area contributed by atoms with E-state index in [2.05, 4.69) is 15.5 Å². The van der Waals surface area contributed by atoms with Crippen LogP contribution in [0.5, 0.6) is 0 Å². The van der Waals surface area contributed by atoms with Crippen molar-refractivity contribution in [3.8, 4) is 11.4 Å². The van der Waals surface area contributed by atoms with Crippen molar-refractivity contribution in [3.05, 3.63) is 35.5 Å². The van der Waals surface area contributed by atoms with Gasteiger partial charge in [0.2, 0.25) is 17.6 Å². The van der Waals surface area contributed by atoms with Crippen molar-refractivity contribution in [3.63, 3.8) is 0 Å². The molecule has 1 atom stereocenters. The molecule has 26 heavy (non-hydrogen) atoms. The van der Waals surface area contributed by atoms with E-state index in [9.17, 15) is 9.18 Å². The minimum Gasteiger partial charge on any atom is -0.344 e. The highest BCUT2D eigenvalue weighted by molar-refractivity contribution is 5.85. The molecule has 1 amide bonds. The van der Waals surface area contributed by atoms with E-state index in [4.69, 9.17) is 10.3 Å². The fraction of sp³-hybridized carbons (Fsp3) is 0.500. The molecule has 1 aromatic heterocycles. The summed E-state index contributed by atoms with van der Waals surface area (Å²) in [5.41, 5.74) is 6.38. The monoisotopic (exact) mass is 384 g/mol. The van der Waals surface area contributed by atoms with E-state index in [1.165, 1.54) is 6.07 Å². The van der Waals surface area contributed by atoms with Gasteiger partial charge in [-0.1, -0.05) is 19.0 Å². The summed E-state index contributed by atoms with van der Waals surface area (Å²) in [6.45, 7) is 7.62. The second-order valence-corrected chi connectivity index (χ2v) is 6.31. The molecule has 0 aliphatic heterocycles. The van der Waals surface area contributed by atoms with E-state index in [0.29, 0.717) is 35.7 Å². The summed E-state index contributed by atoms with van der Waals surface area (Å²) in [6.07, 6.45) is 1.31. The summed E-state index contributed by atoms with van der Waals surface area (Å²) < 4.78 is 18.6. The lowest BCUT2D eigenvalue weighted by molar-refractivity contribution is -0.131. The van der Waals surface area contributed by atoms with E-state index in [0.717, 1.165) is 0 Å². The first-order chi connectivity index (χ1) is 11.9. The number of rotatable bonds is 7. The molecule has 0 fully saturated rings. The number of amides is 1. The maximum atomic E-state index is 13.4. The van der Waals surface area contributed by atoms with Crippen LogP contribution in [-0.2, 0) is 4.79 Å². The zero-order valence-corrected chi connectivity index (χ0v) is 16.3. The minimum atomic E-state index is -0.592. The van der Waals surface area contributed by atoms with Gasteiger partial charge in [-0.3, -0.25) is 4.79 Å². The van der Waals surface area contributed by atoms with Gasteiger partial charge in [-0.25, -0.2) is 4.39 Å². The first-order valence-electron chi connectivity index (χ1n) is 8.48. The van der Waals surface area contributed by atoms with Crippen molar-refractivity contribution in [2.75, 3.05) is 6.54 Å². The van der Waals surface area contributed by atoms with Gasteiger partial charge in [-0.05, 0) is 50.5 Å². The molecule has 0 bridgehead atoms. The number of halogens is 2. The molecule has 0 radical (unpaired) electrons. The Balaban J connectivity index is 0.00000338. The van der Waals surface area contributed by atoms with Gasteiger partial charge in [0.25, 0.3) is 0 Å². The third-order valence-corrected chi connectivity index (χ3v) is 4.80. The number of hydrogen-bond donors (Lipinski definition) is 2. The molecule has 0 aliphatic carbocycles. The van der Waals surface area contributed by atoms with Gasteiger partial charge < -0.3 is 15.6 Å². The lowest BCUT2D eigenvalue weighted by Gasteiger charge is -2.29. The average Bonchev–Trinajstić information content (AvgIpc) is 3.09. The van der Waals surface area contributed by atoms with Gasteiger partial charge in [-0.2, -0.15) is 4.98 Å². The fourth-order valence-corrected chi connectivity index (χ4v) is 2.68. The predicted molar refractivity (Wildman–Crippen MR) is 100 cm³/mol. The second-order valence-electron chi connectivity index (χ2n) is 6.31. The molecule has 1 unspecified atom stereocenters. The highest BCUT2D eigenvalue weighted by Gasteiger charge is 2.34. The number of aryl methyl sites for hydroxylation is 1. The summed E-state index contributed by atoms with van der Waals surface area (Å²) in [4.78, 5) is 16.9. The molecule has 1 heterocycles. The van der Waals surface area contributed by atoms with Crippen LogP contribution in [0, 0.1) is 18.2 Å². The van der Waals surface area contributed by atoms with E-state index in [1.807, 2.05) is 13.8 Å². The standard InChI is InChI=1S/C18H25FN4O2.ClH/c1-5-18(6-2,10-20)17(24)21-12(4)16-22-15(23-25-16)13-7-8-14(19)11(3)9-13;/h7-9,12H,5-6,10,20H2,1-4H3,(H,21,24);1H. The van der Waals surface area contributed by atoms with E-state index < -0.39 is 11.5 Å². The van der Waals surface area contributed by atoms with Gasteiger partial charge >= 0.3 is 0 Å². The van der Waals surface area contributed by atoms with E-state index in [1.54, 1.807) is 26.0 Å². The van der Waals surface area contributed by atoms with E-state index >= 15 is 0 Å². The smallest absolute Gasteiger partial charge is 0.249 e. The van der Waals surface area contributed by atoms with Crippen molar-refractivity contribution in [2.24, 2.45) is 11.1 Å². The van der Waals surface area contributed by atoms with Crippen molar-refractivity contribution in [1.29, 1.82) is 0 Å². The number of hydrogen-bond acceptors (Lipinski definition) is 5. The van der Waals surface area contributed by atoms with Gasteiger partial charge in [0.1, 0.15) is 11.9 Å². The van der Waals surface area contributed by atoms with Gasteiger partial charge in [0.05, 0.1) is 5.41 Å². The lowest BCUT2D eigenvalue weighted by Crippen LogP contribution is -2.46. The normalized spacial score (nSPS) is 12.4. The largest absolute Gasteiger partial charge is 0.344 e. The zero-order valence-electron chi connectivity index (χ0n) is 15.5. The number of aromatic nitrogens is 2. The molecular weight excluding hydrogens is 359 g/mol. The Morgan fingerprint density at radius 2 is 2.04 bits per heavy atom. The maximum Gasteiger partial charge on any atom is 0.249 e. The molecule has 2 aromatic rings. The van der Waals surface area contributed by atoms with Crippen LogP contribution >= 0.6 is 12.4 Å². The molecule has 2 rings (SSSR count). The Morgan fingerprint density at radius 1 is 1.38 bits per heavy atom. The van der Waals surface area contributed by atoms with Gasteiger partial charge in [-0.15, -0.1) is 12.4 Å². The molecule has 0 spiro atoms. The second kappa shape index (κ2) is 9.09. The van der Waals surface area contributed by atoms with Crippen LogP contribution in [0.15, 0.2) is 22.7 Å². The molecule has 144 valence electrons. The molecule has 6 nitrogen and oxygen atoms in total. The fourth-order valence-electron chi connectivity index (χ4n) is 2.68. The Bertz CT molecular complexity index is 738. The number of benzene rings is 1. The third-order valence-electron chi connectivity index (χ3n) is 4.80. The maximum absolute atomic E-state index is 13.4. The van der Waals surface area contributed by atoms with Crippen LogP contribution in [0.2, 0.25) is 0 Å². The Kier molecular flexibility index (Phi) is 7.71. The first-order valence-corrected chi connectivity index (χ1v) is 8.48. The minimum absolute atomic E-state index is 0. The van der Waals surface area contributed by atoms with E-state index in [-0.39, 0.29) is 30.7 Å². The molecule has 0 saturated heterocycles. The van der Waals surface area contributed by atoms with Crippen molar-refractivity contribution >= 4 is 18.3 Å². The zero-order chi connectivity index (χ0) is 18.6. The summed E-state index contributed by atoms with van der Waals surface area (Å²) >= 11 is 0. The lowest BCUT2D eigenvalue weighted by atomic mass is 9.81. The SMILES string of the molecule is CCC(CC)(CN)C(=O)NC(C)c1nc(-c2ccc(F)c(C)c2)no1.Cl. The third kappa shape index (κ3) is 4.40. The highest BCUT2D eigenvalue weighted by Crippen LogP contribution is 2.27. The van der Waals surface area contributed by atoms with Gasteiger partial charge in [0, 0.05) is 12.1 Å². The van der Waals surface area contributed by atoms with Crippen LogP contribution in [0.4, 0.5) is 4.39 Å². The van der Waals surface area contributed by atoms with Gasteiger partial charge in [0.15, 0.2) is 0 Å². The number of nitrogens with zero attached hydrogens (tertiary/aromatic N) is 2. The summed E-state index contributed by atoms with van der Waals surface area (Å²) in [6, 6.07) is 4.16. The molecular formula is C18H26ClFN4O2. The number of nitrogens with one attached hydrogen (secondary N) is 1. The average molecular weight is 385 g/mol. The van der Waals surface area contributed by atoms with Crippen LogP contribution < -0.4 is 11.1 Å². The topological polar surface area (TPSA) is 94.0 Å². The molecule has 0 aliphatic rings. The number of carbonyl (C=O) groups excluding carboxylic acids is 1. The Hall–Kier alpha value is -1.99. The molecule has 3 N–H and O–H groups in total. The summed E-state index contributed by atoms with van der Waals surface area (Å²) in [5, 5.41) is 6.82. The first kappa shape index (κ1) is 22.1. The van der Waals surface area contributed by atoms with Crippen molar-refractivity contribution in [2.45, 2.75) is 46.6 Å². The van der Waals surface area contributed by atoms with Crippen LogP contribution in [0.1, 0.15) is 51.1 Å². The van der Waals surface area contributed by atoms with Crippen LogP contribution in [0.3, 0.4) is 0 Å². The predicted octanol–water partition coefficient (Wildman–Crippen LogP) is 3.55. The Morgan fingerprint density at radius 3 is 2.58 bits per heavy atom. The van der Waals surface area contributed by atoms with Crippen LogP contribution in [0.25, 0.3) is 11.4 Å². The molecule has 1 aromatic carbocycles. The number of nitrogens with two attached hydrogens (primary N) is 1. The number of carbonyl (C=O) groups is 1. The Labute approximate surface area is 159 Å². The van der Waals surface area contributed by atoms with Crippen LogP contribution in [-0.4, -0.2) is 22.6 Å². The van der Waals surface area contributed by atoms with Crippen molar-refractivity contribution < 1.29 is 13.7 Å².